The standard InChI is InChI=1S/C19H25FN6O/c1-3-21-19(22-11-18(27)24-17-6-4-16(20)5-7-17)26-9-8-14(13-26)15-10-23-25(2)12-15/h4-7,10,12,14H,3,8-9,11,13H2,1-2H3,(H,21,22)(H,24,27). The van der Waals surface area contributed by atoms with Crippen LogP contribution in [-0.2, 0) is 11.8 Å². The second kappa shape index (κ2) is 8.66. The number of halogens is 1. The van der Waals surface area contributed by atoms with Gasteiger partial charge in [0.25, 0.3) is 0 Å². The Kier molecular flexibility index (Phi) is 6.05. The summed E-state index contributed by atoms with van der Waals surface area (Å²) < 4.78 is 14.8. The lowest BCUT2D eigenvalue weighted by atomic mass is 10.0. The van der Waals surface area contributed by atoms with Crippen LogP contribution in [0, 0.1) is 5.82 Å². The Balaban J connectivity index is 1.59. The second-order valence-electron chi connectivity index (χ2n) is 6.60. The number of rotatable bonds is 5. The van der Waals surface area contributed by atoms with Crippen LogP contribution in [0.1, 0.15) is 24.8 Å². The molecule has 144 valence electrons. The molecule has 0 radical (unpaired) electrons. The summed E-state index contributed by atoms with van der Waals surface area (Å²) in [5, 5.41) is 10.2. The lowest BCUT2D eigenvalue weighted by Gasteiger charge is -2.21. The van der Waals surface area contributed by atoms with Gasteiger partial charge in [0.2, 0.25) is 5.91 Å². The van der Waals surface area contributed by atoms with Gasteiger partial charge in [-0.3, -0.25) is 9.48 Å². The molecule has 0 bridgehead atoms. The summed E-state index contributed by atoms with van der Waals surface area (Å²) in [5.74, 6) is 0.575. The number of likely N-dealkylation sites (tertiary alicyclic amines) is 1. The third kappa shape index (κ3) is 5.06. The zero-order valence-corrected chi connectivity index (χ0v) is 15.7. The molecule has 1 aromatic carbocycles. The van der Waals surface area contributed by atoms with Gasteiger partial charge in [0, 0.05) is 44.5 Å². The number of nitrogens with zero attached hydrogens (tertiary/aromatic N) is 4. The number of aliphatic imine (C=N–C) groups is 1. The Morgan fingerprint density at radius 2 is 2.15 bits per heavy atom. The van der Waals surface area contributed by atoms with Gasteiger partial charge in [-0.1, -0.05) is 0 Å². The van der Waals surface area contributed by atoms with Crippen molar-refractivity contribution in [2.45, 2.75) is 19.3 Å². The first-order valence-electron chi connectivity index (χ1n) is 9.12. The molecule has 2 aromatic rings. The smallest absolute Gasteiger partial charge is 0.246 e. The Labute approximate surface area is 158 Å². The zero-order valence-electron chi connectivity index (χ0n) is 15.7. The minimum absolute atomic E-state index is 0.00771. The quantitative estimate of drug-likeness (QED) is 0.621. The zero-order chi connectivity index (χ0) is 19.2. The van der Waals surface area contributed by atoms with Crippen molar-refractivity contribution < 1.29 is 9.18 Å². The van der Waals surface area contributed by atoms with E-state index in [9.17, 15) is 9.18 Å². The lowest BCUT2D eigenvalue weighted by Crippen LogP contribution is -2.40. The highest BCUT2D eigenvalue weighted by molar-refractivity contribution is 5.94. The van der Waals surface area contributed by atoms with E-state index in [1.165, 1.54) is 29.8 Å². The number of carbonyl (C=O) groups excluding carboxylic acids is 1. The molecule has 1 fully saturated rings. The Morgan fingerprint density at radius 3 is 2.81 bits per heavy atom. The summed E-state index contributed by atoms with van der Waals surface area (Å²) in [7, 11) is 1.92. The third-order valence-electron chi connectivity index (χ3n) is 4.52. The fourth-order valence-electron chi connectivity index (χ4n) is 3.18. The third-order valence-corrected chi connectivity index (χ3v) is 4.52. The van der Waals surface area contributed by atoms with E-state index in [0.717, 1.165) is 32.0 Å². The molecule has 0 spiro atoms. The van der Waals surface area contributed by atoms with E-state index in [1.54, 1.807) is 0 Å². The molecule has 1 saturated heterocycles. The Morgan fingerprint density at radius 1 is 1.37 bits per heavy atom. The first-order chi connectivity index (χ1) is 13.0. The molecule has 0 aliphatic carbocycles. The van der Waals surface area contributed by atoms with E-state index in [0.29, 0.717) is 11.6 Å². The summed E-state index contributed by atoms with van der Waals surface area (Å²) in [4.78, 5) is 18.8. The first-order valence-corrected chi connectivity index (χ1v) is 9.12. The molecule has 7 nitrogen and oxygen atoms in total. The van der Waals surface area contributed by atoms with Crippen molar-refractivity contribution >= 4 is 17.6 Å². The van der Waals surface area contributed by atoms with Crippen LogP contribution in [0.2, 0.25) is 0 Å². The SMILES string of the molecule is CCNC(=NCC(=O)Nc1ccc(F)cc1)N1CCC(c2cnn(C)c2)C1. The largest absolute Gasteiger partial charge is 0.357 e. The molecule has 1 aliphatic rings. The van der Waals surface area contributed by atoms with Crippen LogP contribution in [0.25, 0.3) is 0 Å². The highest BCUT2D eigenvalue weighted by Gasteiger charge is 2.27. The molecule has 1 atom stereocenters. The maximum Gasteiger partial charge on any atom is 0.246 e. The Hall–Kier alpha value is -2.90. The van der Waals surface area contributed by atoms with Gasteiger partial charge in [0.05, 0.1) is 6.20 Å². The fraction of sp³-hybridized carbons (Fsp3) is 0.421. The van der Waals surface area contributed by atoms with Crippen LogP contribution in [0.4, 0.5) is 10.1 Å². The van der Waals surface area contributed by atoms with Gasteiger partial charge in [-0.2, -0.15) is 5.10 Å². The van der Waals surface area contributed by atoms with E-state index in [1.807, 2.05) is 31.0 Å². The molecule has 0 saturated carbocycles. The number of aryl methyl sites for hydroxylation is 1. The van der Waals surface area contributed by atoms with Gasteiger partial charge in [-0.15, -0.1) is 0 Å². The fourth-order valence-corrected chi connectivity index (χ4v) is 3.18. The van der Waals surface area contributed by atoms with Gasteiger partial charge in [-0.05, 0) is 43.2 Å². The molecule has 1 aromatic heterocycles. The summed E-state index contributed by atoms with van der Waals surface area (Å²) in [6, 6.07) is 5.68. The van der Waals surface area contributed by atoms with Crippen molar-refractivity contribution in [1.82, 2.24) is 20.0 Å². The van der Waals surface area contributed by atoms with Crippen LogP contribution in [0.5, 0.6) is 0 Å². The van der Waals surface area contributed by atoms with E-state index in [4.69, 9.17) is 0 Å². The molecule has 3 rings (SSSR count). The molecule has 1 amide bonds. The van der Waals surface area contributed by atoms with Gasteiger partial charge < -0.3 is 15.5 Å². The molecule has 2 heterocycles. The van der Waals surface area contributed by atoms with Gasteiger partial charge in [0.15, 0.2) is 5.96 Å². The number of aromatic nitrogens is 2. The first kappa shape index (κ1) is 18.9. The average Bonchev–Trinajstić information content (AvgIpc) is 3.29. The molecule has 1 aliphatic heterocycles. The van der Waals surface area contributed by atoms with Crippen molar-refractivity contribution in [1.29, 1.82) is 0 Å². The van der Waals surface area contributed by atoms with Crippen molar-refractivity contribution in [2.75, 3.05) is 31.5 Å². The molecule has 8 heteroatoms. The molecule has 1 unspecified atom stereocenters. The number of guanidine groups is 1. The topological polar surface area (TPSA) is 74.6 Å². The molecular weight excluding hydrogens is 347 g/mol. The number of benzene rings is 1. The van der Waals surface area contributed by atoms with Crippen molar-refractivity contribution in [3.05, 3.63) is 48.0 Å². The van der Waals surface area contributed by atoms with Gasteiger partial charge in [0.1, 0.15) is 12.4 Å². The number of hydrogen-bond acceptors (Lipinski definition) is 3. The number of hydrogen-bond donors (Lipinski definition) is 2. The van der Waals surface area contributed by atoms with E-state index < -0.39 is 0 Å². The van der Waals surface area contributed by atoms with Crippen molar-refractivity contribution in [3.8, 4) is 0 Å². The van der Waals surface area contributed by atoms with Crippen LogP contribution in [0.3, 0.4) is 0 Å². The van der Waals surface area contributed by atoms with Gasteiger partial charge >= 0.3 is 0 Å². The van der Waals surface area contributed by atoms with Crippen LogP contribution in [-0.4, -0.2) is 52.7 Å². The van der Waals surface area contributed by atoms with E-state index in [-0.39, 0.29) is 18.3 Å². The average molecular weight is 372 g/mol. The lowest BCUT2D eigenvalue weighted by molar-refractivity contribution is -0.114. The highest BCUT2D eigenvalue weighted by atomic mass is 19.1. The molecule has 2 N–H and O–H groups in total. The normalized spacial score (nSPS) is 17.2. The van der Waals surface area contributed by atoms with Crippen LogP contribution in [0.15, 0.2) is 41.7 Å². The Bertz CT molecular complexity index is 801. The van der Waals surface area contributed by atoms with Crippen LogP contribution >= 0.6 is 0 Å². The molecule has 27 heavy (non-hydrogen) atoms. The highest BCUT2D eigenvalue weighted by Crippen LogP contribution is 2.26. The summed E-state index contributed by atoms with van der Waals surface area (Å²) >= 11 is 0. The van der Waals surface area contributed by atoms with E-state index >= 15 is 0 Å². The van der Waals surface area contributed by atoms with Crippen molar-refractivity contribution in [2.24, 2.45) is 12.0 Å². The summed E-state index contributed by atoms with van der Waals surface area (Å²) in [5.41, 5.74) is 1.78. The van der Waals surface area contributed by atoms with Gasteiger partial charge in [-0.25, -0.2) is 9.38 Å². The number of carbonyl (C=O) groups is 1. The van der Waals surface area contributed by atoms with Crippen LogP contribution < -0.4 is 10.6 Å². The predicted molar refractivity (Wildman–Crippen MR) is 103 cm³/mol. The maximum atomic E-state index is 12.9. The summed E-state index contributed by atoms with van der Waals surface area (Å²) in [6.45, 7) is 4.46. The predicted octanol–water partition coefficient (Wildman–Crippen LogP) is 1.95. The number of nitrogens with one attached hydrogen (secondary N) is 2. The number of amides is 1. The minimum Gasteiger partial charge on any atom is -0.357 e. The number of anilines is 1. The van der Waals surface area contributed by atoms with Crippen molar-refractivity contribution in [3.63, 3.8) is 0 Å². The summed E-state index contributed by atoms with van der Waals surface area (Å²) in [6.07, 6.45) is 4.99. The minimum atomic E-state index is -0.336. The second-order valence-corrected chi connectivity index (χ2v) is 6.60. The molecular formula is C19H25FN6O. The van der Waals surface area contributed by atoms with E-state index in [2.05, 4.69) is 25.6 Å². The maximum absolute atomic E-state index is 12.9. The monoisotopic (exact) mass is 372 g/mol.